The summed E-state index contributed by atoms with van der Waals surface area (Å²) in [7, 11) is 3.25. The molecule has 0 atom stereocenters. The van der Waals surface area contributed by atoms with Gasteiger partial charge in [0.25, 0.3) is 0 Å². The zero-order chi connectivity index (χ0) is 8.97. The molecule has 0 heterocycles. The average molecular weight is 164 g/mol. The van der Waals surface area contributed by atoms with Crippen molar-refractivity contribution in [2.24, 2.45) is 0 Å². The van der Waals surface area contributed by atoms with Gasteiger partial charge in [-0.05, 0) is 12.1 Å². The van der Waals surface area contributed by atoms with E-state index >= 15 is 0 Å². The van der Waals surface area contributed by atoms with E-state index in [9.17, 15) is 0 Å². The molecule has 0 radical (unpaired) electrons. The van der Waals surface area contributed by atoms with E-state index in [1.807, 2.05) is 18.2 Å². The molecule has 2 heteroatoms. The molecular weight excluding hydrogens is 152 g/mol. The minimum atomic E-state index is 0.782. The number of methoxy groups -OCH3 is 2. The summed E-state index contributed by atoms with van der Waals surface area (Å²) in [6.45, 7) is 3.67. The molecular formula is C10H12O2. The minimum Gasteiger partial charge on any atom is -0.497 e. The molecule has 0 aliphatic rings. The standard InChI is InChI=1S/C10H12O2/c1-4-8-5-6-9(11-2)7-10(8)12-3/h4-7H,1H2,2-3H3. The number of hydrogen-bond acceptors (Lipinski definition) is 2. The Labute approximate surface area is 72.4 Å². The highest BCUT2D eigenvalue weighted by atomic mass is 16.5. The maximum atomic E-state index is 5.13. The van der Waals surface area contributed by atoms with Crippen LogP contribution in [0.4, 0.5) is 0 Å². The lowest BCUT2D eigenvalue weighted by atomic mass is 10.2. The number of hydrogen-bond donors (Lipinski definition) is 0. The van der Waals surface area contributed by atoms with Crippen molar-refractivity contribution < 1.29 is 9.47 Å². The zero-order valence-electron chi connectivity index (χ0n) is 7.33. The van der Waals surface area contributed by atoms with Gasteiger partial charge in [-0.1, -0.05) is 12.7 Å². The van der Waals surface area contributed by atoms with Crippen molar-refractivity contribution in [2.45, 2.75) is 0 Å². The van der Waals surface area contributed by atoms with E-state index in [2.05, 4.69) is 6.58 Å². The topological polar surface area (TPSA) is 18.5 Å². The van der Waals surface area contributed by atoms with Gasteiger partial charge in [0.1, 0.15) is 11.5 Å². The van der Waals surface area contributed by atoms with Crippen LogP contribution < -0.4 is 9.47 Å². The third kappa shape index (κ3) is 1.59. The molecule has 2 nitrogen and oxygen atoms in total. The maximum absolute atomic E-state index is 5.13. The fourth-order valence-electron chi connectivity index (χ4n) is 0.987. The largest absolute Gasteiger partial charge is 0.497 e. The van der Waals surface area contributed by atoms with Crippen LogP contribution in [0.25, 0.3) is 6.08 Å². The van der Waals surface area contributed by atoms with Gasteiger partial charge >= 0.3 is 0 Å². The smallest absolute Gasteiger partial charge is 0.129 e. The Morgan fingerprint density at radius 2 is 2.00 bits per heavy atom. The third-order valence-corrected chi connectivity index (χ3v) is 1.66. The zero-order valence-corrected chi connectivity index (χ0v) is 7.33. The molecule has 0 bridgehead atoms. The molecule has 0 unspecified atom stereocenters. The van der Waals surface area contributed by atoms with Gasteiger partial charge in [-0.25, -0.2) is 0 Å². The van der Waals surface area contributed by atoms with E-state index in [0.717, 1.165) is 17.1 Å². The molecule has 1 aromatic rings. The molecule has 0 aliphatic carbocycles. The number of benzene rings is 1. The highest BCUT2D eigenvalue weighted by Gasteiger charge is 2.00. The van der Waals surface area contributed by atoms with Crippen molar-refractivity contribution >= 4 is 6.08 Å². The molecule has 0 saturated carbocycles. The van der Waals surface area contributed by atoms with Crippen molar-refractivity contribution in [3.63, 3.8) is 0 Å². The SMILES string of the molecule is C=Cc1ccc(OC)cc1OC. The van der Waals surface area contributed by atoms with Crippen molar-refractivity contribution in [2.75, 3.05) is 14.2 Å². The van der Waals surface area contributed by atoms with Crippen LogP contribution in [0.5, 0.6) is 11.5 Å². The Bertz CT molecular complexity index is 279. The van der Waals surface area contributed by atoms with E-state index < -0.39 is 0 Å². The summed E-state index contributed by atoms with van der Waals surface area (Å²) in [6, 6.07) is 5.61. The van der Waals surface area contributed by atoms with Crippen molar-refractivity contribution in [1.29, 1.82) is 0 Å². The van der Waals surface area contributed by atoms with Gasteiger partial charge in [0.2, 0.25) is 0 Å². The van der Waals surface area contributed by atoms with E-state index in [1.165, 1.54) is 0 Å². The summed E-state index contributed by atoms with van der Waals surface area (Å²) in [5.74, 6) is 1.57. The van der Waals surface area contributed by atoms with Crippen molar-refractivity contribution in [1.82, 2.24) is 0 Å². The third-order valence-electron chi connectivity index (χ3n) is 1.66. The maximum Gasteiger partial charge on any atom is 0.129 e. The predicted octanol–water partition coefficient (Wildman–Crippen LogP) is 2.35. The number of rotatable bonds is 3. The second-order valence-corrected chi connectivity index (χ2v) is 2.31. The van der Waals surface area contributed by atoms with Crippen LogP contribution in [0.2, 0.25) is 0 Å². The first-order valence-corrected chi connectivity index (χ1v) is 3.66. The van der Waals surface area contributed by atoms with E-state index in [4.69, 9.17) is 9.47 Å². The molecule has 0 aliphatic heterocycles. The predicted molar refractivity (Wildman–Crippen MR) is 49.6 cm³/mol. The van der Waals surface area contributed by atoms with Crippen LogP contribution in [0.3, 0.4) is 0 Å². The van der Waals surface area contributed by atoms with Gasteiger partial charge in [0.15, 0.2) is 0 Å². The van der Waals surface area contributed by atoms with Gasteiger partial charge in [0, 0.05) is 11.6 Å². The molecule has 0 fully saturated rings. The minimum absolute atomic E-state index is 0.782. The lowest BCUT2D eigenvalue weighted by molar-refractivity contribution is 0.394. The Morgan fingerprint density at radius 1 is 1.25 bits per heavy atom. The van der Waals surface area contributed by atoms with Gasteiger partial charge in [-0.2, -0.15) is 0 Å². The molecule has 1 aromatic carbocycles. The second kappa shape index (κ2) is 3.81. The van der Waals surface area contributed by atoms with Crippen LogP contribution >= 0.6 is 0 Å². The molecule has 1 rings (SSSR count). The van der Waals surface area contributed by atoms with Crippen LogP contribution in [-0.4, -0.2) is 14.2 Å². The van der Waals surface area contributed by atoms with Crippen LogP contribution in [-0.2, 0) is 0 Å². The van der Waals surface area contributed by atoms with Gasteiger partial charge in [-0.3, -0.25) is 0 Å². The van der Waals surface area contributed by atoms with Crippen LogP contribution in [0.15, 0.2) is 24.8 Å². The first kappa shape index (κ1) is 8.65. The first-order chi connectivity index (χ1) is 5.81. The lowest BCUT2D eigenvalue weighted by Crippen LogP contribution is -1.88. The fourth-order valence-corrected chi connectivity index (χ4v) is 0.987. The summed E-state index contributed by atoms with van der Waals surface area (Å²) in [6.07, 6.45) is 1.75. The summed E-state index contributed by atoms with van der Waals surface area (Å²) in [5.41, 5.74) is 0.971. The van der Waals surface area contributed by atoms with E-state index in [-0.39, 0.29) is 0 Å². The monoisotopic (exact) mass is 164 g/mol. The summed E-state index contributed by atoms with van der Waals surface area (Å²) in [5, 5.41) is 0. The summed E-state index contributed by atoms with van der Waals surface area (Å²) >= 11 is 0. The lowest BCUT2D eigenvalue weighted by Gasteiger charge is -2.06. The van der Waals surface area contributed by atoms with Crippen LogP contribution in [0.1, 0.15) is 5.56 Å². The van der Waals surface area contributed by atoms with E-state index in [0.29, 0.717) is 0 Å². The van der Waals surface area contributed by atoms with Crippen molar-refractivity contribution in [3.8, 4) is 11.5 Å². The molecule has 0 N–H and O–H groups in total. The highest BCUT2D eigenvalue weighted by molar-refractivity contribution is 5.57. The molecule has 0 amide bonds. The molecule has 12 heavy (non-hydrogen) atoms. The first-order valence-electron chi connectivity index (χ1n) is 3.66. The Morgan fingerprint density at radius 3 is 2.50 bits per heavy atom. The van der Waals surface area contributed by atoms with Gasteiger partial charge < -0.3 is 9.47 Å². The van der Waals surface area contributed by atoms with Gasteiger partial charge in [-0.15, -0.1) is 0 Å². The summed E-state index contributed by atoms with van der Waals surface area (Å²) in [4.78, 5) is 0. The fraction of sp³-hybridized carbons (Fsp3) is 0.200. The van der Waals surface area contributed by atoms with Crippen LogP contribution in [0, 0.1) is 0 Å². The highest BCUT2D eigenvalue weighted by Crippen LogP contribution is 2.24. The molecule has 64 valence electrons. The van der Waals surface area contributed by atoms with Crippen molar-refractivity contribution in [3.05, 3.63) is 30.3 Å². The van der Waals surface area contributed by atoms with Gasteiger partial charge in [0.05, 0.1) is 14.2 Å². The molecule has 0 spiro atoms. The number of ether oxygens (including phenoxy) is 2. The summed E-state index contributed by atoms with van der Waals surface area (Å²) < 4.78 is 10.2. The Balaban J connectivity index is 3.10. The second-order valence-electron chi connectivity index (χ2n) is 2.31. The molecule has 0 saturated heterocycles. The Hall–Kier alpha value is -1.44. The molecule has 0 aromatic heterocycles. The quantitative estimate of drug-likeness (QED) is 0.682. The average Bonchev–Trinajstić information content (AvgIpc) is 2.16. The van der Waals surface area contributed by atoms with E-state index in [1.54, 1.807) is 20.3 Å². The Kier molecular flexibility index (Phi) is 2.75. The normalized spacial score (nSPS) is 9.17.